The van der Waals surface area contributed by atoms with E-state index in [2.05, 4.69) is 20.0 Å². The second-order valence-electron chi connectivity index (χ2n) is 10.0. The minimum Gasteiger partial charge on any atom is -0.461 e. The maximum absolute atomic E-state index is 13.9. The lowest BCUT2D eigenvalue weighted by Gasteiger charge is -2.34. The van der Waals surface area contributed by atoms with Crippen LogP contribution in [0.5, 0.6) is 0 Å². The van der Waals surface area contributed by atoms with Crippen LogP contribution < -0.4 is 10.8 Å². The van der Waals surface area contributed by atoms with Crippen LogP contribution in [0, 0.1) is 0 Å². The zero-order valence-electron chi connectivity index (χ0n) is 22.2. The first-order valence-corrected chi connectivity index (χ1v) is 14.1. The summed E-state index contributed by atoms with van der Waals surface area (Å²) in [5.41, 5.74) is 5.48. The van der Waals surface area contributed by atoms with Gasteiger partial charge in [0.05, 0.1) is 25.1 Å². The Balaban J connectivity index is 1.71. The summed E-state index contributed by atoms with van der Waals surface area (Å²) in [7, 11) is -3.93. The number of anilines is 1. The standard InChI is InChI=1S/C23H37N6O7P/c1-14(2)34-21(30)16(4)36-37(32,28-23(5,6)22(31)35-17-8-7-9-17)13-33-15(3)10-29-12-27-18-19(24)25-11-26-20(18)29/h11-12,14-17H,7-10,13H2,1-6H3,(H,28,32)(H2,24,25,26)/t15-,16+,37-/m1/s1. The van der Waals surface area contributed by atoms with Gasteiger partial charge in [0, 0.05) is 0 Å². The van der Waals surface area contributed by atoms with E-state index >= 15 is 0 Å². The van der Waals surface area contributed by atoms with Crippen LogP contribution in [0.1, 0.15) is 60.8 Å². The van der Waals surface area contributed by atoms with Crippen molar-refractivity contribution < 1.29 is 32.9 Å². The van der Waals surface area contributed by atoms with E-state index in [1.54, 1.807) is 45.5 Å². The van der Waals surface area contributed by atoms with Crippen molar-refractivity contribution in [1.29, 1.82) is 0 Å². The average Bonchev–Trinajstić information content (AvgIpc) is 3.17. The number of aromatic nitrogens is 4. The smallest absolute Gasteiger partial charge is 0.335 e. The number of carbonyl (C=O) groups excluding carboxylic acids is 2. The second-order valence-corrected chi connectivity index (χ2v) is 12.1. The molecule has 0 saturated heterocycles. The Hall–Kier alpha value is -2.60. The number of ether oxygens (including phenoxy) is 3. The van der Waals surface area contributed by atoms with E-state index in [1.807, 2.05) is 0 Å². The van der Waals surface area contributed by atoms with Crippen LogP contribution in [0.25, 0.3) is 11.2 Å². The highest BCUT2D eigenvalue weighted by molar-refractivity contribution is 7.56. The number of carbonyl (C=O) groups is 2. The maximum atomic E-state index is 13.9. The zero-order valence-corrected chi connectivity index (χ0v) is 23.1. The van der Waals surface area contributed by atoms with Crippen LogP contribution in [0.4, 0.5) is 5.82 Å². The molecule has 1 aliphatic rings. The highest BCUT2D eigenvalue weighted by Gasteiger charge is 2.42. The summed E-state index contributed by atoms with van der Waals surface area (Å²) >= 11 is 0. The normalized spacial score (nSPS) is 17.7. The highest BCUT2D eigenvalue weighted by Crippen LogP contribution is 2.46. The summed E-state index contributed by atoms with van der Waals surface area (Å²) in [5.74, 6) is -0.978. The topological polar surface area (TPSA) is 170 Å². The van der Waals surface area contributed by atoms with Crippen molar-refractivity contribution >= 4 is 36.4 Å². The van der Waals surface area contributed by atoms with Gasteiger partial charge in [-0.1, -0.05) is 0 Å². The second kappa shape index (κ2) is 11.8. The number of nitrogens with one attached hydrogen (secondary N) is 1. The SMILES string of the molecule is CC(C)OC(=O)[C@H](C)O[P@](=O)(CO[C@H](C)Cn1cnc2c(N)ncnc21)NC(C)(C)C(=O)OC1CCC1. The lowest BCUT2D eigenvalue weighted by atomic mass is 9.96. The van der Waals surface area contributed by atoms with E-state index in [0.29, 0.717) is 17.7 Å². The molecule has 2 aromatic heterocycles. The molecule has 0 spiro atoms. The Labute approximate surface area is 216 Å². The van der Waals surface area contributed by atoms with Gasteiger partial charge in [0.15, 0.2) is 17.6 Å². The van der Waals surface area contributed by atoms with E-state index in [4.69, 9.17) is 24.5 Å². The number of nitrogen functional groups attached to an aromatic ring is 1. The molecule has 0 bridgehead atoms. The predicted octanol–water partition coefficient (Wildman–Crippen LogP) is 2.78. The van der Waals surface area contributed by atoms with E-state index in [0.717, 1.165) is 19.3 Å². The third-order valence-electron chi connectivity index (χ3n) is 5.71. The van der Waals surface area contributed by atoms with Gasteiger partial charge >= 0.3 is 11.9 Å². The largest absolute Gasteiger partial charge is 0.461 e. The zero-order chi connectivity index (χ0) is 27.4. The number of imidazole rings is 1. The lowest BCUT2D eigenvalue weighted by Crippen LogP contribution is -2.49. The molecule has 1 fully saturated rings. The quantitative estimate of drug-likeness (QED) is 0.282. The van der Waals surface area contributed by atoms with E-state index in [-0.39, 0.29) is 18.0 Å². The molecule has 1 saturated carbocycles. The molecule has 2 aromatic rings. The molecule has 0 unspecified atom stereocenters. The fourth-order valence-corrected chi connectivity index (χ4v) is 5.73. The summed E-state index contributed by atoms with van der Waals surface area (Å²) < 4.78 is 37.9. The van der Waals surface area contributed by atoms with Gasteiger partial charge < -0.3 is 29.0 Å². The average molecular weight is 541 g/mol. The molecule has 0 aromatic carbocycles. The third kappa shape index (κ3) is 7.70. The van der Waals surface area contributed by atoms with Gasteiger partial charge in [0.25, 0.3) is 7.52 Å². The third-order valence-corrected chi connectivity index (χ3v) is 7.76. The van der Waals surface area contributed by atoms with E-state index < -0.39 is 43.6 Å². The minimum atomic E-state index is -3.93. The van der Waals surface area contributed by atoms with Gasteiger partial charge in [-0.25, -0.2) is 24.8 Å². The van der Waals surface area contributed by atoms with Crippen LogP contribution in [0.2, 0.25) is 0 Å². The van der Waals surface area contributed by atoms with E-state index in [1.165, 1.54) is 13.3 Å². The summed E-state index contributed by atoms with van der Waals surface area (Å²) in [6.45, 7) is 10.0. The first-order valence-electron chi connectivity index (χ1n) is 12.3. The Bertz CT molecular complexity index is 1150. The van der Waals surface area contributed by atoms with Gasteiger partial charge in [-0.05, 0) is 60.8 Å². The maximum Gasteiger partial charge on any atom is 0.335 e. The van der Waals surface area contributed by atoms with E-state index in [9.17, 15) is 14.2 Å². The van der Waals surface area contributed by atoms with Crippen molar-refractivity contribution in [2.24, 2.45) is 0 Å². The summed E-state index contributed by atoms with van der Waals surface area (Å²) in [6, 6.07) is 0. The molecule has 3 N–H and O–H groups in total. The number of rotatable bonds is 13. The van der Waals surface area contributed by atoms with Crippen LogP contribution in [-0.2, 0) is 39.4 Å². The molecule has 37 heavy (non-hydrogen) atoms. The highest BCUT2D eigenvalue weighted by atomic mass is 31.2. The first-order chi connectivity index (χ1) is 17.3. The van der Waals surface area contributed by atoms with Crippen molar-refractivity contribution in [3.63, 3.8) is 0 Å². The Kier molecular flexibility index (Phi) is 9.27. The van der Waals surface area contributed by atoms with Gasteiger partial charge in [-0.15, -0.1) is 0 Å². The van der Waals surface area contributed by atoms with Crippen LogP contribution in [0.3, 0.4) is 0 Å². The van der Waals surface area contributed by atoms with Crippen molar-refractivity contribution in [1.82, 2.24) is 24.6 Å². The first kappa shape index (κ1) is 29.0. The van der Waals surface area contributed by atoms with Gasteiger partial charge in [-0.2, -0.15) is 0 Å². The summed E-state index contributed by atoms with van der Waals surface area (Å²) in [6.07, 6.45) is 2.92. The van der Waals surface area contributed by atoms with Crippen molar-refractivity contribution in [3.05, 3.63) is 12.7 Å². The molecular weight excluding hydrogens is 503 g/mol. The molecule has 0 radical (unpaired) electrons. The fraction of sp³-hybridized carbons (Fsp3) is 0.696. The lowest BCUT2D eigenvalue weighted by molar-refractivity contribution is -0.159. The van der Waals surface area contributed by atoms with Gasteiger partial charge in [-0.3, -0.25) is 9.36 Å². The van der Waals surface area contributed by atoms with Crippen molar-refractivity contribution in [3.8, 4) is 0 Å². The molecule has 1 aliphatic carbocycles. The number of nitrogens with zero attached hydrogens (tertiary/aromatic N) is 4. The molecule has 13 nitrogen and oxygen atoms in total. The summed E-state index contributed by atoms with van der Waals surface area (Å²) in [5, 5.41) is 2.78. The number of esters is 2. The molecule has 0 amide bonds. The van der Waals surface area contributed by atoms with Gasteiger partial charge in [0.2, 0.25) is 0 Å². The molecular formula is C23H37N6O7P. The monoisotopic (exact) mass is 540 g/mol. The molecule has 3 rings (SSSR count). The Morgan fingerprint density at radius 1 is 1.22 bits per heavy atom. The molecule has 14 heteroatoms. The predicted molar refractivity (Wildman–Crippen MR) is 135 cm³/mol. The molecule has 3 atom stereocenters. The van der Waals surface area contributed by atoms with Gasteiger partial charge in [0.1, 0.15) is 29.8 Å². The Morgan fingerprint density at radius 3 is 2.54 bits per heavy atom. The molecule has 206 valence electrons. The number of hydrogen-bond acceptors (Lipinski definition) is 11. The van der Waals surface area contributed by atoms with Crippen LogP contribution in [0.15, 0.2) is 12.7 Å². The molecule has 0 aliphatic heterocycles. The number of fused-ring (bicyclic) bond motifs is 1. The van der Waals surface area contributed by atoms with Crippen LogP contribution in [-0.4, -0.2) is 67.8 Å². The Morgan fingerprint density at radius 2 is 1.92 bits per heavy atom. The number of nitrogens with two attached hydrogens (primary N) is 1. The minimum absolute atomic E-state index is 0.145. The number of hydrogen-bond donors (Lipinski definition) is 2. The van der Waals surface area contributed by atoms with Crippen molar-refractivity contribution in [2.75, 3.05) is 12.1 Å². The van der Waals surface area contributed by atoms with Crippen molar-refractivity contribution in [2.45, 2.75) is 97.3 Å². The van der Waals surface area contributed by atoms with Crippen LogP contribution >= 0.6 is 7.52 Å². The molecule has 2 heterocycles. The summed E-state index contributed by atoms with van der Waals surface area (Å²) in [4.78, 5) is 37.5. The fourth-order valence-electron chi connectivity index (χ4n) is 3.56.